The maximum absolute atomic E-state index is 15.2. The average Bonchev–Trinajstić information content (AvgIpc) is 2.87. The smallest absolute Gasteiger partial charge is 0.251 e. The molecule has 1 fully saturated rings. The molecule has 0 radical (unpaired) electrons. The number of halogens is 3. The third-order valence-corrected chi connectivity index (χ3v) is 7.16. The van der Waals surface area contributed by atoms with Gasteiger partial charge >= 0.3 is 0 Å². The molecule has 194 valence electrons. The van der Waals surface area contributed by atoms with Gasteiger partial charge in [0.2, 0.25) is 5.95 Å². The second-order valence-electron chi connectivity index (χ2n) is 9.85. The summed E-state index contributed by atoms with van der Waals surface area (Å²) in [5, 5.41) is 2.78. The number of piperidine rings is 1. The van der Waals surface area contributed by atoms with E-state index in [1.807, 2.05) is 0 Å². The number of nitrogens with two attached hydrogens (primary N) is 1. The molecule has 9 heteroatoms. The quantitative estimate of drug-likeness (QED) is 0.475. The zero-order valence-electron chi connectivity index (χ0n) is 20.8. The molecule has 6 nitrogen and oxygen atoms in total. The van der Waals surface area contributed by atoms with Gasteiger partial charge in [-0.15, -0.1) is 0 Å². The van der Waals surface area contributed by atoms with E-state index in [0.29, 0.717) is 48.5 Å². The van der Waals surface area contributed by atoms with Gasteiger partial charge in [0.1, 0.15) is 17.7 Å². The minimum Gasteiger partial charge on any atom is -0.487 e. The molecule has 1 saturated heterocycles. The first-order valence-corrected chi connectivity index (χ1v) is 12.5. The number of pyridine rings is 1. The van der Waals surface area contributed by atoms with Crippen LogP contribution in [0.15, 0.2) is 36.4 Å². The second kappa shape index (κ2) is 10.0. The predicted octanol–water partition coefficient (Wildman–Crippen LogP) is 4.95. The van der Waals surface area contributed by atoms with Crippen LogP contribution in [-0.4, -0.2) is 47.6 Å². The van der Waals surface area contributed by atoms with E-state index in [2.05, 4.69) is 29.0 Å². The van der Waals surface area contributed by atoms with Crippen LogP contribution in [0.1, 0.15) is 42.6 Å². The number of amides is 1. The highest BCUT2D eigenvalue weighted by atomic mass is 19.1. The van der Waals surface area contributed by atoms with Crippen LogP contribution in [0.3, 0.4) is 0 Å². The molecule has 3 N–H and O–H groups in total. The first kappa shape index (κ1) is 25.1. The van der Waals surface area contributed by atoms with Gasteiger partial charge in [0.05, 0.1) is 0 Å². The Bertz CT molecular complexity index is 1350. The zero-order chi connectivity index (χ0) is 26.3. The Kier molecular flexibility index (Phi) is 6.81. The summed E-state index contributed by atoms with van der Waals surface area (Å²) in [5.74, 6) is -3.05. The minimum atomic E-state index is -1.01. The Hall–Kier alpha value is -3.59. The van der Waals surface area contributed by atoms with Crippen LogP contribution < -0.4 is 15.8 Å². The number of nitrogen functional groups attached to an aromatic ring is 1. The third kappa shape index (κ3) is 5.00. The number of nitrogens with one attached hydrogen (secondary N) is 1. The highest BCUT2D eigenvalue weighted by molar-refractivity contribution is 5.97. The van der Waals surface area contributed by atoms with Crippen molar-refractivity contribution >= 4 is 11.7 Å². The van der Waals surface area contributed by atoms with Gasteiger partial charge in [-0.05, 0) is 62.4 Å². The lowest BCUT2D eigenvalue weighted by atomic mass is 9.94. The predicted molar refractivity (Wildman–Crippen MR) is 136 cm³/mol. The summed E-state index contributed by atoms with van der Waals surface area (Å²) in [7, 11) is 0. The molecule has 1 aromatic heterocycles. The van der Waals surface area contributed by atoms with E-state index < -0.39 is 17.6 Å². The maximum Gasteiger partial charge on any atom is 0.251 e. The number of aromatic nitrogens is 1. The fourth-order valence-electron chi connectivity index (χ4n) is 5.03. The number of rotatable bonds is 5. The maximum atomic E-state index is 15.2. The van der Waals surface area contributed by atoms with Crippen LogP contribution in [0.5, 0.6) is 5.75 Å². The number of hydrogen-bond acceptors (Lipinski definition) is 5. The van der Waals surface area contributed by atoms with Crippen LogP contribution in [-0.2, 0) is 6.42 Å². The van der Waals surface area contributed by atoms with Crippen LogP contribution >= 0.6 is 0 Å². The Labute approximate surface area is 213 Å². The summed E-state index contributed by atoms with van der Waals surface area (Å²) in [6, 6.07) is 8.82. The molecule has 3 heterocycles. The SMILES string of the molecule is CC(C)N1CCC(Oc2cc(F)c(-c3cc(-c4ccc5c(c4)CCNC5=O)c(N)nc3F)cc2F)CC1. The first-order valence-electron chi connectivity index (χ1n) is 12.5. The van der Waals surface area contributed by atoms with Crippen LogP contribution in [0.4, 0.5) is 19.0 Å². The summed E-state index contributed by atoms with van der Waals surface area (Å²) in [5.41, 5.74) is 7.87. The molecule has 0 spiro atoms. The number of ether oxygens (including phenoxy) is 1. The average molecular weight is 511 g/mol. The van der Waals surface area contributed by atoms with Crippen molar-refractivity contribution in [3.8, 4) is 28.0 Å². The first-order chi connectivity index (χ1) is 17.7. The summed E-state index contributed by atoms with van der Waals surface area (Å²) in [4.78, 5) is 18.1. The molecule has 5 rings (SSSR count). The van der Waals surface area contributed by atoms with Crippen LogP contribution in [0.2, 0.25) is 0 Å². The molecule has 0 saturated carbocycles. The molecule has 37 heavy (non-hydrogen) atoms. The molecule has 2 aromatic carbocycles. The summed E-state index contributed by atoms with van der Waals surface area (Å²) in [6.07, 6.45) is 1.84. The van der Waals surface area contributed by atoms with Crippen molar-refractivity contribution < 1.29 is 22.7 Å². The number of hydrogen-bond donors (Lipinski definition) is 2. The van der Waals surface area contributed by atoms with Gasteiger partial charge < -0.3 is 20.7 Å². The lowest BCUT2D eigenvalue weighted by Gasteiger charge is -2.34. The third-order valence-electron chi connectivity index (χ3n) is 7.16. The number of anilines is 1. The molecule has 0 atom stereocenters. The summed E-state index contributed by atoms with van der Waals surface area (Å²) < 4.78 is 50.9. The molecule has 3 aromatic rings. The Morgan fingerprint density at radius 2 is 1.76 bits per heavy atom. The monoisotopic (exact) mass is 510 g/mol. The standard InChI is InChI=1S/C28H29F3N4O2/c1-15(2)35-9-6-18(7-10-35)37-25-14-23(29)21(13-24(25)30)22-12-20(27(32)34-26(22)31)16-3-4-19-17(11-16)5-8-33-28(19)36/h3-4,11-15,18H,5-10H2,1-2H3,(H2,32,34)(H,33,36). The number of benzene rings is 2. The normalized spacial score (nSPS) is 16.5. The molecular weight excluding hydrogens is 481 g/mol. The van der Waals surface area contributed by atoms with Gasteiger partial charge in [-0.3, -0.25) is 4.79 Å². The van der Waals surface area contributed by atoms with Gasteiger partial charge in [-0.25, -0.2) is 13.8 Å². The lowest BCUT2D eigenvalue weighted by molar-refractivity contribution is 0.0813. The molecule has 0 aliphatic carbocycles. The highest BCUT2D eigenvalue weighted by Crippen LogP contribution is 2.36. The van der Waals surface area contributed by atoms with E-state index in [9.17, 15) is 9.18 Å². The molecule has 2 aliphatic heterocycles. The van der Waals surface area contributed by atoms with E-state index in [4.69, 9.17) is 10.5 Å². The van der Waals surface area contributed by atoms with Crippen molar-refractivity contribution in [2.75, 3.05) is 25.4 Å². The fraction of sp³-hybridized carbons (Fsp3) is 0.357. The number of carbonyl (C=O) groups excluding carboxylic acids is 1. The van der Waals surface area contributed by atoms with Crippen molar-refractivity contribution in [3.63, 3.8) is 0 Å². The largest absolute Gasteiger partial charge is 0.487 e. The summed E-state index contributed by atoms with van der Waals surface area (Å²) >= 11 is 0. The molecule has 0 unspecified atom stereocenters. The molecule has 1 amide bonds. The second-order valence-corrected chi connectivity index (χ2v) is 9.85. The Morgan fingerprint density at radius 1 is 1.00 bits per heavy atom. The van der Waals surface area contributed by atoms with E-state index >= 15 is 8.78 Å². The number of likely N-dealkylation sites (tertiary alicyclic amines) is 1. The van der Waals surface area contributed by atoms with Crippen molar-refractivity contribution in [1.82, 2.24) is 15.2 Å². The Balaban J connectivity index is 1.44. The number of nitrogens with zero attached hydrogens (tertiary/aromatic N) is 2. The van der Waals surface area contributed by atoms with Gasteiger partial charge in [0.25, 0.3) is 5.91 Å². The van der Waals surface area contributed by atoms with E-state index in [-0.39, 0.29) is 34.7 Å². The van der Waals surface area contributed by atoms with E-state index in [1.165, 1.54) is 6.07 Å². The lowest BCUT2D eigenvalue weighted by Crippen LogP contribution is -2.41. The molecule has 2 aliphatic rings. The molecule has 0 bridgehead atoms. The minimum absolute atomic E-state index is 0.0879. The van der Waals surface area contributed by atoms with Gasteiger partial charge in [-0.1, -0.05) is 12.1 Å². The summed E-state index contributed by atoms with van der Waals surface area (Å²) in [6.45, 7) is 6.39. The van der Waals surface area contributed by atoms with Crippen molar-refractivity contribution in [2.24, 2.45) is 0 Å². The molecular formula is C28H29F3N4O2. The van der Waals surface area contributed by atoms with Crippen molar-refractivity contribution in [3.05, 3.63) is 65.1 Å². The topological polar surface area (TPSA) is 80.5 Å². The van der Waals surface area contributed by atoms with Gasteiger partial charge in [0.15, 0.2) is 11.6 Å². The zero-order valence-corrected chi connectivity index (χ0v) is 20.8. The van der Waals surface area contributed by atoms with Crippen LogP contribution in [0, 0.1) is 17.6 Å². The van der Waals surface area contributed by atoms with Gasteiger partial charge in [0, 0.05) is 54.0 Å². The highest BCUT2D eigenvalue weighted by Gasteiger charge is 2.25. The number of carbonyl (C=O) groups is 1. The fourth-order valence-corrected chi connectivity index (χ4v) is 5.03. The van der Waals surface area contributed by atoms with Crippen molar-refractivity contribution in [1.29, 1.82) is 0 Å². The number of fused-ring (bicyclic) bond motifs is 1. The van der Waals surface area contributed by atoms with Gasteiger partial charge in [-0.2, -0.15) is 4.39 Å². The Morgan fingerprint density at radius 3 is 2.49 bits per heavy atom. The van der Waals surface area contributed by atoms with Crippen LogP contribution in [0.25, 0.3) is 22.3 Å². The van der Waals surface area contributed by atoms with E-state index in [0.717, 1.165) is 30.8 Å². The van der Waals surface area contributed by atoms with E-state index in [1.54, 1.807) is 18.2 Å². The van der Waals surface area contributed by atoms with Crippen molar-refractivity contribution in [2.45, 2.75) is 45.3 Å².